The van der Waals surface area contributed by atoms with E-state index in [1.54, 1.807) is 19.1 Å². The molecule has 6 heteroatoms. The topological polar surface area (TPSA) is 77.5 Å². The summed E-state index contributed by atoms with van der Waals surface area (Å²) in [5.74, 6) is 1.28. The monoisotopic (exact) mass is 326 g/mol. The maximum absolute atomic E-state index is 12.6. The molecule has 3 rings (SSSR count). The normalized spacial score (nSPS) is 10.6. The summed E-state index contributed by atoms with van der Waals surface area (Å²) in [7, 11) is 0. The van der Waals surface area contributed by atoms with Gasteiger partial charge >= 0.3 is 0 Å². The molecule has 1 aromatic carbocycles. The van der Waals surface area contributed by atoms with Crippen molar-refractivity contribution in [3.8, 4) is 17.3 Å². The van der Waals surface area contributed by atoms with E-state index in [9.17, 15) is 4.79 Å². The predicted octanol–water partition coefficient (Wildman–Crippen LogP) is 3.57. The van der Waals surface area contributed by atoms with Crippen molar-refractivity contribution in [3.63, 3.8) is 0 Å². The Hall–Kier alpha value is -3.02. The lowest BCUT2D eigenvalue weighted by Gasteiger charge is -2.10. The molecule has 0 bridgehead atoms. The number of nitrogens with one attached hydrogen (secondary N) is 1. The van der Waals surface area contributed by atoms with Crippen LogP contribution in [0, 0.1) is 6.92 Å². The number of nitrogens with zero attached hydrogens (tertiary/aromatic N) is 1. The molecule has 0 atom stereocenters. The van der Waals surface area contributed by atoms with Crippen molar-refractivity contribution in [3.05, 3.63) is 59.5 Å². The SMILES string of the molecule is CCOc1ccccc1CNC(=O)c1c(C)noc1-c1ccco1. The molecule has 0 saturated carbocycles. The molecule has 0 fully saturated rings. The van der Waals surface area contributed by atoms with Gasteiger partial charge in [0.05, 0.1) is 18.6 Å². The third-order valence-electron chi connectivity index (χ3n) is 3.55. The Bertz CT molecular complexity index is 821. The fraction of sp³-hybridized carbons (Fsp3) is 0.222. The third kappa shape index (κ3) is 3.17. The molecule has 2 heterocycles. The van der Waals surface area contributed by atoms with Gasteiger partial charge in [0.25, 0.3) is 5.91 Å². The molecule has 3 aromatic rings. The van der Waals surface area contributed by atoms with E-state index in [0.29, 0.717) is 35.9 Å². The number of hydrogen-bond acceptors (Lipinski definition) is 5. The molecule has 24 heavy (non-hydrogen) atoms. The van der Waals surface area contributed by atoms with Crippen molar-refractivity contribution in [2.45, 2.75) is 20.4 Å². The highest BCUT2D eigenvalue weighted by molar-refractivity contribution is 6.00. The van der Waals surface area contributed by atoms with Crippen LogP contribution < -0.4 is 10.1 Å². The highest BCUT2D eigenvalue weighted by Gasteiger charge is 2.23. The van der Waals surface area contributed by atoms with Crippen molar-refractivity contribution in [2.24, 2.45) is 0 Å². The molecule has 124 valence electrons. The van der Waals surface area contributed by atoms with Gasteiger partial charge in [0.1, 0.15) is 11.3 Å². The summed E-state index contributed by atoms with van der Waals surface area (Å²) in [5.41, 5.74) is 1.79. The molecular formula is C18H18N2O4. The van der Waals surface area contributed by atoms with Crippen LogP contribution in [0.5, 0.6) is 5.75 Å². The Morgan fingerprint density at radius 2 is 2.08 bits per heavy atom. The van der Waals surface area contributed by atoms with Crippen LogP contribution in [0.2, 0.25) is 0 Å². The number of carbonyl (C=O) groups is 1. The number of para-hydroxylation sites is 1. The van der Waals surface area contributed by atoms with Crippen LogP contribution >= 0.6 is 0 Å². The van der Waals surface area contributed by atoms with Crippen LogP contribution in [0.25, 0.3) is 11.5 Å². The van der Waals surface area contributed by atoms with E-state index in [2.05, 4.69) is 10.5 Å². The number of furan rings is 1. The highest BCUT2D eigenvalue weighted by Crippen LogP contribution is 2.26. The molecule has 0 aliphatic rings. The van der Waals surface area contributed by atoms with Gasteiger partial charge in [-0.15, -0.1) is 0 Å². The molecule has 0 saturated heterocycles. The summed E-state index contributed by atoms with van der Waals surface area (Å²) in [6, 6.07) is 11.1. The molecule has 0 spiro atoms. The van der Waals surface area contributed by atoms with Gasteiger partial charge in [0.15, 0.2) is 5.76 Å². The predicted molar refractivity (Wildman–Crippen MR) is 87.7 cm³/mol. The van der Waals surface area contributed by atoms with Crippen LogP contribution in [0.1, 0.15) is 28.5 Å². The first kappa shape index (κ1) is 15.9. The molecule has 2 aromatic heterocycles. The maximum atomic E-state index is 12.6. The minimum atomic E-state index is -0.272. The lowest BCUT2D eigenvalue weighted by Crippen LogP contribution is -2.24. The lowest BCUT2D eigenvalue weighted by atomic mass is 10.1. The first-order chi connectivity index (χ1) is 11.7. The van der Waals surface area contributed by atoms with Crippen molar-refractivity contribution < 1.29 is 18.5 Å². The largest absolute Gasteiger partial charge is 0.494 e. The number of aryl methyl sites for hydroxylation is 1. The molecular weight excluding hydrogens is 308 g/mol. The maximum Gasteiger partial charge on any atom is 0.257 e. The summed E-state index contributed by atoms with van der Waals surface area (Å²) in [6.45, 7) is 4.56. The van der Waals surface area contributed by atoms with Crippen molar-refractivity contribution in [1.29, 1.82) is 0 Å². The van der Waals surface area contributed by atoms with Gasteiger partial charge in [0.2, 0.25) is 5.76 Å². The van der Waals surface area contributed by atoms with Gasteiger partial charge in [-0.05, 0) is 32.0 Å². The Morgan fingerprint density at radius 3 is 2.83 bits per heavy atom. The first-order valence-corrected chi connectivity index (χ1v) is 7.69. The van der Waals surface area contributed by atoms with E-state index in [4.69, 9.17) is 13.7 Å². The first-order valence-electron chi connectivity index (χ1n) is 7.69. The molecule has 0 aliphatic carbocycles. The number of benzene rings is 1. The number of rotatable bonds is 6. The quantitative estimate of drug-likeness (QED) is 0.749. The Kier molecular flexibility index (Phi) is 4.65. The molecule has 1 amide bonds. The summed E-state index contributed by atoms with van der Waals surface area (Å²) in [4.78, 5) is 12.6. The fourth-order valence-electron chi connectivity index (χ4n) is 2.42. The summed E-state index contributed by atoms with van der Waals surface area (Å²) < 4.78 is 16.1. The third-order valence-corrected chi connectivity index (χ3v) is 3.55. The minimum Gasteiger partial charge on any atom is -0.494 e. The number of aromatic nitrogens is 1. The summed E-state index contributed by atoms with van der Waals surface area (Å²) in [6.07, 6.45) is 1.52. The van der Waals surface area contributed by atoms with Crippen molar-refractivity contribution in [2.75, 3.05) is 6.61 Å². The van der Waals surface area contributed by atoms with Gasteiger partial charge in [-0.1, -0.05) is 23.4 Å². The van der Waals surface area contributed by atoms with Crippen LogP contribution in [0.15, 0.2) is 51.6 Å². The second-order valence-electron chi connectivity index (χ2n) is 5.17. The Balaban J connectivity index is 1.78. The average Bonchev–Trinajstić information content (AvgIpc) is 3.23. The number of amides is 1. The zero-order chi connectivity index (χ0) is 16.9. The van der Waals surface area contributed by atoms with Crippen LogP contribution in [0.3, 0.4) is 0 Å². The van der Waals surface area contributed by atoms with Crippen molar-refractivity contribution in [1.82, 2.24) is 10.5 Å². The average molecular weight is 326 g/mol. The molecule has 0 unspecified atom stereocenters. The van der Waals surface area contributed by atoms with Crippen molar-refractivity contribution >= 4 is 5.91 Å². The second kappa shape index (κ2) is 7.04. The Morgan fingerprint density at radius 1 is 1.25 bits per heavy atom. The van der Waals surface area contributed by atoms with E-state index >= 15 is 0 Å². The van der Waals surface area contributed by atoms with Gasteiger partial charge < -0.3 is 19.0 Å². The summed E-state index contributed by atoms with van der Waals surface area (Å²) in [5, 5.41) is 6.76. The highest BCUT2D eigenvalue weighted by atomic mass is 16.5. The van der Waals surface area contributed by atoms with Gasteiger partial charge in [-0.25, -0.2) is 0 Å². The van der Waals surface area contributed by atoms with E-state index in [0.717, 1.165) is 11.3 Å². The second-order valence-corrected chi connectivity index (χ2v) is 5.17. The molecule has 0 aliphatic heterocycles. The van der Waals surface area contributed by atoms with Crippen LogP contribution in [-0.4, -0.2) is 17.7 Å². The number of ether oxygens (including phenoxy) is 1. The van der Waals surface area contributed by atoms with Crippen LogP contribution in [-0.2, 0) is 6.54 Å². The van der Waals surface area contributed by atoms with Gasteiger partial charge in [0, 0.05) is 12.1 Å². The number of carbonyl (C=O) groups excluding carboxylic acids is 1. The molecule has 1 N–H and O–H groups in total. The fourth-order valence-corrected chi connectivity index (χ4v) is 2.42. The molecule has 6 nitrogen and oxygen atoms in total. The zero-order valence-electron chi connectivity index (χ0n) is 13.5. The summed E-state index contributed by atoms with van der Waals surface area (Å²) >= 11 is 0. The van der Waals surface area contributed by atoms with Gasteiger partial charge in [-0.2, -0.15) is 0 Å². The van der Waals surface area contributed by atoms with Gasteiger partial charge in [-0.3, -0.25) is 4.79 Å². The lowest BCUT2D eigenvalue weighted by molar-refractivity contribution is 0.0950. The smallest absolute Gasteiger partial charge is 0.257 e. The van der Waals surface area contributed by atoms with E-state index in [1.165, 1.54) is 6.26 Å². The number of hydrogen-bond donors (Lipinski definition) is 1. The zero-order valence-corrected chi connectivity index (χ0v) is 13.5. The Labute approximate surface area is 139 Å². The standard InChI is InChI=1S/C18H18N2O4/c1-3-22-14-8-5-4-7-13(14)11-19-18(21)16-12(2)20-24-17(16)15-9-6-10-23-15/h4-10H,3,11H2,1-2H3,(H,19,21). The van der Waals surface area contributed by atoms with E-state index in [-0.39, 0.29) is 5.91 Å². The van der Waals surface area contributed by atoms with E-state index in [1.807, 2.05) is 31.2 Å². The van der Waals surface area contributed by atoms with Crippen LogP contribution in [0.4, 0.5) is 0 Å². The van der Waals surface area contributed by atoms with E-state index < -0.39 is 0 Å². The minimum absolute atomic E-state index is 0.272. The molecule has 0 radical (unpaired) electrons.